The fraction of sp³-hybridized carbons (Fsp3) is 0.588. The van der Waals surface area contributed by atoms with E-state index in [4.69, 9.17) is 5.73 Å². The molecule has 1 rings (SSSR count). The molecule has 1 amide bonds. The van der Waals surface area contributed by atoms with Crippen molar-refractivity contribution < 1.29 is 9.90 Å². The molecule has 0 fully saturated rings. The predicted octanol–water partition coefficient (Wildman–Crippen LogP) is 2.45. The molecule has 0 aromatic heterocycles. The van der Waals surface area contributed by atoms with Gasteiger partial charge < -0.3 is 16.2 Å². The fourth-order valence-corrected chi connectivity index (χ4v) is 2.36. The maximum absolute atomic E-state index is 12.2. The van der Waals surface area contributed by atoms with Gasteiger partial charge in [-0.1, -0.05) is 26.0 Å². The Morgan fingerprint density at radius 1 is 1.24 bits per heavy atom. The van der Waals surface area contributed by atoms with Crippen molar-refractivity contribution in [2.45, 2.75) is 46.1 Å². The zero-order chi connectivity index (χ0) is 15.8. The number of phenols is 1. The predicted molar refractivity (Wildman–Crippen MR) is 86.0 cm³/mol. The summed E-state index contributed by atoms with van der Waals surface area (Å²) in [6.45, 7) is 6.62. The van der Waals surface area contributed by atoms with Crippen LogP contribution >= 0.6 is 0 Å². The van der Waals surface area contributed by atoms with Gasteiger partial charge in [-0.15, -0.1) is 0 Å². The zero-order valence-electron chi connectivity index (χ0n) is 13.3. The van der Waals surface area contributed by atoms with Gasteiger partial charge in [0.2, 0.25) is 5.91 Å². The molecule has 0 saturated carbocycles. The van der Waals surface area contributed by atoms with E-state index in [1.165, 1.54) is 0 Å². The molecule has 1 aromatic carbocycles. The lowest BCUT2D eigenvalue weighted by atomic mass is 9.96. The first-order valence-electron chi connectivity index (χ1n) is 7.70. The summed E-state index contributed by atoms with van der Waals surface area (Å²) in [5.41, 5.74) is 6.85. The number of benzene rings is 1. The Kier molecular flexibility index (Phi) is 7.23. The average molecular weight is 292 g/mol. The lowest BCUT2D eigenvalue weighted by Crippen LogP contribution is -2.40. The lowest BCUT2D eigenvalue weighted by Gasteiger charge is -2.20. The molecule has 0 aliphatic rings. The number of carbonyl (C=O) groups excluding carboxylic acids is 1. The molecular formula is C17H28N2O2. The van der Waals surface area contributed by atoms with E-state index in [1.807, 2.05) is 19.1 Å². The second-order valence-electron chi connectivity index (χ2n) is 6.18. The van der Waals surface area contributed by atoms with Crippen molar-refractivity contribution in [3.63, 3.8) is 0 Å². The summed E-state index contributed by atoms with van der Waals surface area (Å²) in [6, 6.07) is 7.31. The highest BCUT2D eigenvalue weighted by atomic mass is 16.3. The van der Waals surface area contributed by atoms with Crippen molar-refractivity contribution in [3.8, 4) is 5.75 Å². The Labute approximate surface area is 127 Å². The fourth-order valence-electron chi connectivity index (χ4n) is 2.36. The minimum atomic E-state index is -0.0962. The SMILES string of the molecule is CC(C)CC(CN)C(=O)NC(C)CCc1ccc(O)cc1. The highest BCUT2D eigenvalue weighted by Crippen LogP contribution is 2.13. The van der Waals surface area contributed by atoms with Crippen molar-refractivity contribution in [2.75, 3.05) is 6.54 Å². The monoisotopic (exact) mass is 292 g/mol. The molecule has 21 heavy (non-hydrogen) atoms. The molecule has 0 aliphatic carbocycles. The first-order chi connectivity index (χ1) is 9.92. The van der Waals surface area contributed by atoms with Gasteiger partial charge in [0.15, 0.2) is 0 Å². The molecule has 1 aromatic rings. The summed E-state index contributed by atoms with van der Waals surface area (Å²) in [4.78, 5) is 12.2. The Morgan fingerprint density at radius 3 is 2.38 bits per heavy atom. The van der Waals surface area contributed by atoms with Crippen molar-refractivity contribution >= 4 is 5.91 Å². The second kappa shape index (κ2) is 8.67. The van der Waals surface area contributed by atoms with Crippen LogP contribution in [0.1, 0.15) is 39.2 Å². The molecule has 4 heteroatoms. The van der Waals surface area contributed by atoms with Crippen molar-refractivity contribution in [1.82, 2.24) is 5.32 Å². The van der Waals surface area contributed by atoms with Gasteiger partial charge in [0.05, 0.1) is 5.92 Å². The van der Waals surface area contributed by atoms with Gasteiger partial charge in [-0.05, 0) is 49.8 Å². The number of aryl methyl sites for hydroxylation is 1. The topological polar surface area (TPSA) is 75.4 Å². The maximum atomic E-state index is 12.2. The Morgan fingerprint density at radius 2 is 1.86 bits per heavy atom. The molecule has 118 valence electrons. The van der Waals surface area contributed by atoms with Crippen molar-refractivity contribution in [3.05, 3.63) is 29.8 Å². The smallest absolute Gasteiger partial charge is 0.224 e. The molecule has 2 atom stereocenters. The molecule has 0 aliphatic heterocycles. The number of hydrogen-bond acceptors (Lipinski definition) is 3. The number of rotatable bonds is 8. The van der Waals surface area contributed by atoms with Crippen molar-refractivity contribution in [2.24, 2.45) is 17.6 Å². The van der Waals surface area contributed by atoms with Gasteiger partial charge in [0.1, 0.15) is 5.75 Å². The summed E-state index contributed by atoms with van der Waals surface area (Å²) in [5.74, 6) is 0.710. The van der Waals surface area contributed by atoms with Crippen LogP contribution in [-0.4, -0.2) is 23.6 Å². The van der Waals surface area contributed by atoms with E-state index < -0.39 is 0 Å². The number of nitrogens with two attached hydrogens (primary N) is 1. The van der Waals surface area contributed by atoms with Gasteiger partial charge in [0, 0.05) is 12.6 Å². The van der Waals surface area contributed by atoms with E-state index in [0.29, 0.717) is 12.5 Å². The third-order valence-corrected chi connectivity index (χ3v) is 3.60. The number of carbonyl (C=O) groups is 1. The number of nitrogens with one attached hydrogen (secondary N) is 1. The standard InChI is InChI=1S/C17H28N2O2/c1-12(2)10-15(11-18)17(21)19-13(3)4-5-14-6-8-16(20)9-7-14/h6-9,12-13,15,20H,4-5,10-11,18H2,1-3H3,(H,19,21). The third-order valence-electron chi connectivity index (χ3n) is 3.60. The van der Waals surface area contributed by atoms with Crippen LogP contribution in [0, 0.1) is 11.8 Å². The molecule has 0 heterocycles. The molecule has 2 unspecified atom stereocenters. The highest BCUT2D eigenvalue weighted by Gasteiger charge is 2.19. The molecule has 0 spiro atoms. The Hall–Kier alpha value is -1.55. The number of phenolic OH excluding ortho intramolecular Hbond substituents is 1. The van der Waals surface area contributed by atoms with Crippen molar-refractivity contribution in [1.29, 1.82) is 0 Å². The van der Waals surface area contributed by atoms with Crippen LogP contribution in [0.15, 0.2) is 24.3 Å². The zero-order valence-corrected chi connectivity index (χ0v) is 13.3. The first kappa shape index (κ1) is 17.5. The summed E-state index contributed by atoms with van der Waals surface area (Å²) >= 11 is 0. The van der Waals surface area contributed by atoms with Crippen LogP contribution in [0.25, 0.3) is 0 Å². The average Bonchev–Trinajstić information content (AvgIpc) is 2.43. The summed E-state index contributed by atoms with van der Waals surface area (Å²) in [7, 11) is 0. The Balaban J connectivity index is 2.39. The van der Waals surface area contributed by atoms with E-state index in [1.54, 1.807) is 12.1 Å². The lowest BCUT2D eigenvalue weighted by molar-refractivity contribution is -0.125. The third kappa shape index (κ3) is 6.63. The first-order valence-corrected chi connectivity index (χ1v) is 7.70. The Bertz CT molecular complexity index is 429. The van der Waals surface area contributed by atoms with Crippen LogP contribution in [-0.2, 0) is 11.2 Å². The molecule has 0 bridgehead atoms. The van der Waals surface area contributed by atoms with Gasteiger partial charge in [-0.3, -0.25) is 4.79 Å². The van der Waals surface area contributed by atoms with E-state index in [9.17, 15) is 9.90 Å². The van der Waals surface area contributed by atoms with Gasteiger partial charge in [-0.2, -0.15) is 0 Å². The van der Waals surface area contributed by atoms with Gasteiger partial charge >= 0.3 is 0 Å². The van der Waals surface area contributed by atoms with Crippen LogP contribution in [0.2, 0.25) is 0 Å². The maximum Gasteiger partial charge on any atom is 0.224 e. The van der Waals surface area contributed by atoms with E-state index in [-0.39, 0.29) is 23.6 Å². The number of hydrogen-bond donors (Lipinski definition) is 3. The number of aromatic hydroxyl groups is 1. The molecule has 0 saturated heterocycles. The van der Waals surface area contributed by atoms with Gasteiger partial charge in [-0.25, -0.2) is 0 Å². The van der Waals surface area contributed by atoms with E-state index in [2.05, 4.69) is 19.2 Å². The van der Waals surface area contributed by atoms with Crippen LogP contribution in [0.4, 0.5) is 0 Å². The largest absolute Gasteiger partial charge is 0.508 e. The molecule has 4 N–H and O–H groups in total. The highest BCUT2D eigenvalue weighted by molar-refractivity contribution is 5.79. The van der Waals surface area contributed by atoms with Crippen LogP contribution < -0.4 is 11.1 Å². The molecular weight excluding hydrogens is 264 g/mol. The van der Waals surface area contributed by atoms with Crippen LogP contribution in [0.5, 0.6) is 5.75 Å². The normalized spacial score (nSPS) is 14.0. The summed E-state index contributed by atoms with van der Waals surface area (Å²) in [6.07, 6.45) is 2.57. The van der Waals surface area contributed by atoms with E-state index in [0.717, 1.165) is 24.8 Å². The minimum absolute atomic E-state index is 0.0596. The second-order valence-corrected chi connectivity index (χ2v) is 6.18. The molecule has 0 radical (unpaired) electrons. The molecule has 4 nitrogen and oxygen atoms in total. The quantitative estimate of drug-likeness (QED) is 0.689. The number of amides is 1. The van der Waals surface area contributed by atoms with Gasteiger partial charge in [0.25, 0.3) is 0 Å². The summed E-state index contributed by atoms with van der Waals surface area (Å²) < 4.78 is 0. The van der Waals surface area contributed by atoms with Crippen LogP contribution in [0.3, 0.4) is 0 Å². The van der Waals surface area contributed by atoms with E-state index >= 15 is 0 Å². The minimum Gasteiger partial charge on any atom is -0.508 e. The summed E-state index contributed by atoms with van der Waals surface area (Å²) in [5, 5.41) is 12.3.